The molecule has 144 valence electrons. The molecule has 0 unspecified atom stereocenters. The van der Waals surface area contributed by atoms with E-state index >= 15 is 0 Å². The molecule has 1 aromatic carbocycles. The Balaban J connectivity index is 1.72. The summed E-state index contributed by atoms with van der Waals surface area (Å²) < 4.78 is 3.64. The summed E-state index contributed by atoms with van der Waals surface area (Å²) >= 11 is 0. The maximum Gasteiger partial charge on any atom is 0.268 e. The van der Waals surface area contributed by atoms with Crippen LogP contribution in [0.1, 0.15) is 57.9 Å². The van der Waals surface area contributed by atoms with E-state index in [4.69, 9.17) is 0 Å². The normalized spacial score (nSPS) is 15.4. The summed E-state index contributed by atoms with van der Waals surface area (Å²) in [6, 6.07) is 7.35. The number of imidazole rings is 1. The predicted octanol–water partition coefficient (Wildman–Crippen LogP) is 2.48. The molecular formula is C21H22N4O3. The molecule has 1 aliphatic heterocycles. The molecule has 0 aliphatic carbocycles. The number of aromatic nitrogens is 3. The zero-order valence-corrected chi connectivity index (χ0v) is 16.4. The lowest BCUT2D eigenvalue weighted by Gasteiger charge is -2.34. The number of benzene rings is 1. The lowest BCUT2D eigenvalue weighted by molar-refractivity contribution is 0.0890. The summed E-state index contributed by atoms with van der Waals surface area (Å²) in [5, 5.41) is 3.84. The van der Waals surface area contributed by atoms with E-state index in [0.29, 0.717) is 29.3 Å². The molecule has 28 heavy (non-hydrogen) atoms. The zero-order valence-electron chi connectivity index (χ0n) is 16.4. The van der Waals surface area contributed by atoms with Crippen molar-refractivity contribution in [3.05, 3.63) is 53.2 Å². The fourth-order valence-electron chi connectivity index (χ4n) is 3.87. The average molecular weight is 378 g/mol. The standard InChI is InChI=1S/C21H22N4O3/c1-12(26)19-23-15(10-24(19)4)9-18(27)14-6-5-13-7-17-20(28)22-11-21(2,3)25(17)16(13)8-14/h5-8,10H,9,11H2,1-4H3,(H,22,28). The number of carbonyl (C=O) groups is 3. The van der Waals surface area contributed by atoms with Gasteiger partial charge < -0.3 is 14.5 Å². The molecule has 0 bridgehead atoms. The predicted molar refractivity (Wildman–Crippen MR) is 105 cm³/mol. The summed E-state index contributed by atoms with van der Waals surface area (Å²) in [4.78, 5) is 40.9. The molecule has 0 spiro atoms. The van der Waals surface area contributed by atoms with Gasteiger partial charge in [0.15, 0.2) is 17.4 Å². The lowest BCUT2D eigenvalue weighted by atomic mass is 10.0. The highest BCUT2D eigenvalue weighted by molar-refractivity contribution is 6.04. The number of Topliss-reactive ketones (excluding diaryl/α,β-unsaturated/α-hetero) is 2. The lowest BCUT2D eigenvalue weighted by Crippen LogP contribution is -2.47. The maximum atomic E-state index is 12.8. The Morgan fingerprint density at radius 1 is 1.25 bits per heavy atom. The quantitative estimate of drug-likeness (QED) is 0.707. The molecule has 0 radical (unpaired) electrons. The van der Waals surface area contributed by atoms with Gasteiger partial charge in [0, 0.05) is 43.2 Å². The Morgan fingerprint density at radius 3 is 2.68 bits per heavy atom. The van der Waals surface area contributed by atoms with Gasteiger partial charge in [0.1, 0.15) is 5.69 Å². The molecule has 1 amide bonds. The second kappa shape index (κ2) is 6.15. The molecule has 2 aromatic heterocycles. The van der Waals surface area contributed by atoms with Gasteiger partial charge in [-0.25, -0.2) is 4.98 Å². The fourth-order valence-corrected chi connectivity index (χ4v) is 3.87. The summed E-state index contributed by atoms with van der Waals surface area (Å²) in [7, 11) is 1.74. The molecule has 3 aromatic rings. The Labute approximate surface area is 162 Å². The van der Waals surface area contributed by atoms with Crippen LogP contribution in [0.2, 0.25) is 0 Å². The van der Waals surface area contributed by atoms with Gasteiger partial charge in [-0.1, -0.05) is 12.1 Å². The summed E-state index contributed by atoms with van der Waals surface area (Å²) in [5.74, 6) is 0.0204. The first-order valence-corrected chi connectivity index (χ1v) is 9.18. The second-order valence-corrected chi connectivity index (χ2v) is 7.96. The minimum Gasteiger partial charge on any atom is -0.348 e. The number of nitrogens with one attached hydrogen (secondary N) is 1. The third-order valence-electron chi connectivity index (χ3n) is 5.23. The van der Waals surface area contributed by atoms with Gasteiger partial charge >= 0.3 is 0 Å². The van der Waals surface area contributed by atoms with Crippen LogP contribution in [0.5, 0.6) is 0 Å². The van der Waals surface area contributed by atoms with Crippen molar-refractivity contribution in [2.75, 3.05) is 6.54 Å². The molecule has 0 atom stereocenters. The van der Waals surface area contributed by atoms with Gasteiger partial charge in [0.2, 0.25) is 0 Å². The highest BCUT2D eigenvalue weighted by Crippen LogP contribution is 2.31. The Hall–Kier alpha value is -3.22. The first kappa shape index (κ1) is 18.2. The first-order chi connectivity index (χ1) is 13.2. The average Bonchev–Trinajstić information content (AvgIpc) is 3.19. The topological polar surface area (TPSA) is 86.0 Å². The van der Waals surface area contributed by atoms with Gasteiger partial charge in [-0.3, -0.25) is 14.4 Å². The van der Waals surface area contributed by atoms with Crippen molar-refractivity contribution in [2.45, 2.75) is 32.7 Å². The van der Waals surface area contributed by atoms with Crippen LogP contribution in [0.3, 0.4) is 0 Å². The Bertz CT molecular complexity index is 1150. The van der Waals surface area contributed by atoms with Gasteiger partial charge in [-0.2, -0.15) is 0 Å². The van der Waals surface area contributed by atoms with Crippen molar-refractivity contribution in [3.8, 4) is 0 Å². The van der Waals surface area contributed by atoms with Crippen LogP contribution in [-0.4, -0.2) is 38.1 Å². The molecule has 1 aliphatic rings. The molecule has 0 saturated heterocycles. The second-order valence-electron chi connectivity index (χ2n) is 7.96. The van der Waals surface area contributed by atoms with Crippen LogP contribution >= 0.6 is 0 Å². The van der Waals surface area contributed by atoms with Gasteiger partial charge in [0.25, 0.3) is 5.91 Å². The minimum absolute atomic E-state index is 0.0799. The molecule has 7 heteroatoms. The number of rotatable bonds is 4. The SMILES string of the molecule is CC(=O)c1nc(CC(=O)c2ccc3cc4n(c3c2)C(C)(C)CNC4=O)cn1C. The number of ketones is 2. The van der Waals surface area contributed by atoms with Crippen molar-refractivity contribution in [2.24, 2.45) is 7.05 Å². The molecule has 0 saturated carbocycles. The number of amides is 1. The largest absolute Gasteiger partial charge is 0.348 e. The van der Waals surface area contributed by atoms with Crippen LogP contribution < -0.4 is 5.32 Å². The summed E-state index contributed by atoms with van der Waals surface area (Å²) in [6.45, 7) is 6.10. The van der Waals surface area contributed by atoms with E-state index in [1.165, 1.54) is 6.92 Å². The van der Waals surface area contributed by atoms with E-state index in [1.54, 1.807) is 23.9 Å². The van der Waals surface area contributed by atoms with Crippen molar-refractivity contribution >= 4 is 28.4 Å². The van der Waals surface area contributed by atoms with E-state index in [9.17, 15) is 14.4 Å². The number of carbonyl (C=O) groups excluding carboxylic acids is 3. The smallest absolute Gasteiger partial charge is 0.268 e. The summed E-state index contributed by atoms with van der Waals surface area (Å²) in [6.07, 6.45) is 1.82. The number of fused-ring (bicyclic) bond motifs is 3. The number of hydrogen-bond donors (Lipinski definition) is 1. The van der Waals surface area contributed by atoms with Crippen molar-refractivity contribution in [1.29, 1.82) is 0 Å². The first-order valence-electron chi connectivity index (χ1n) is 9.18. The monoisotopic (exact) mass is 378 g/mol. The van der Waals surface area contributed by atoms with Crippen molar-refractivity contribution in [3.63, 3.8) is 0 Å². The van der Waals surface area contributed by atoms with E-state index in [-0.39, 0.29) is 29.4 Å². The molecule has 0 fully saturated rings. The fraction of sp³-hybridized carbons (Fsp3) is 0.333. The van der Waals surface area contributed by atoms with Crippen LogP contribution in [-0.2, 0) is 19.0 Å². The zero-order chi connectivity index (χ0) is 20.2. The molecule has 4 rings (SSSR count). The molecule has 3 heterocycles. The Morgan fingerprint density at radius 2 is 2.00 bits per heavy atom. The van der Waals surface area contributed by atoms with Gasteiger partial charge in [-0.05, 0) is 26.0 Å². The number of nitrogens with zero attached hydrogens (tertiary/aromatic N) is 3. The van der Waals surface area contributed by atoms with E-state index < -0.39 is 0 Å². The molecule has 7 nitrogen and oxygen atoms in total. The van der Waals surface area contributed by atoms with E-state index in [1.807, 2.05) is 22.8 Å². The molecule has 1 N–H and O–H groups in total. The van der Waals surface area contributed by atoms with Crippen LogP contribution in [0, 0.1) is 0 Å². The highest BCUT2D eigenvalue weighted by Gasteiger charge is 2.32. The third kappa shape index (κ3) is 2.83. The molecular weight excluding hydrogens is 356 g/mol. The van der Waals surface area contributed by atoms with Crippen molar-refractivity contribution < 1.29 is 14.4 Å². The van der Waals surface area contributed by atoms with Crippen LogP contribution in [0.25, 0.3) is 10.9 Å². The third-order valence-corrected chi connectivity index (χ3v) is 5.23. The Kier molecular flexibility index (Phi) is 3.99. The van der Waals surface area contributed by atoms with Crippen LogP contribution in [0.15, 0.2) is 30.5 Å². The van der Waals surface area contributed by atoms with Gasteiger partial charge in [-0.15, -0.1) is 0 Å². The highest BCUT2D eigenvalue weighted by atomic mass is 16.2. The number of hydrogen-bond acceptors (Lipinski definition) is 4. The number of aryl methyl sites for hydroxylation is 1. The summed E-state index contributed by atoms with van der Waals surface area (Å²) in [5.41, 5.74) is 2.31. The van der Waals surface area contributed by atoms with E-state index in [2.05, 4.69) is 24.1 Å². The minimum atomic E-state index is -0.288. The van der Waals surface area contributed by atoms with E-state index in [0.717, 1.165) is 10.9 Å². The van der Waals surface area contributed by atoms with Gasteiger partial charge in [0.05, 0.1) is 17.7 Å². The van der Waals surface area contributed by atoms with Crippen LogP contribution in [0.4, 0.5) is 0 Å². The van der Waals surface area contributed by atoms with Crippen molar-refractivity contribution in [1.82, 2.24) is 19.4 Å². The maximum absolute atomic E-state index is 12.8.